The molecule has 1 aliphatic rings. The molecule has 0 saturated carbocycles. The summed E-state index contributed by atoms with van der Waals surface area (Å²) in [6.07, 6.45) is 1.53. The molecule has 0 radical (unpaired) electrons. The molecule has 0 aromatic rings. The zero-order valence-electron chi connectivity index (χ0n) is 15.7. The standard InChI is InChI=1S/C14H31BO8P2/c1-14(2,3)13-11(10-12(15)22-13)23-25(18,19)21-9-7-5-6-8-20-24(4,16)17/h11-13H,5-10,15H2,1-4H3,(H,16,17)(H,18,19). The van der Waals surface area contributed by atoms with Crippen molar-refractivity contribution in [2.75, 3.05) is 19.9 Å². The lowest BCUT2D eigenvalue weighted by molar-refractivity contribution is -0.0365. The Balaban J connectivity index is 2.31. The third-order valence-electron chi connectivity index (χ3n) is 3.78. The average molecular weight is 400 g/mol. The first-order valence-corrected chi connectivity index (χ1v) is 12.1. The Morgan fingerprint density at radius 3 is 2.20 bits per heavy atom. The van der Waals surface area contributed by atoms with Crippen molar-refractivity contribution in [1.82, 2.24) is 0 Å². The van der Waals surface area contributed by atoms with Gasteiger partial charge in [0.1, 0.15) is 7.85 Å². The summed E-state index contributed by atoms with van der Waals surface area (Å²) in [7, 11) is -5.68. The van der Waals surface area contributed by atoms with Crippen LogP contribution in [0.2, 0.25) is 0 Å². The molecule has 0 spiro atoms. The highest BCUT2D eigenvalue weighted by molar-refractivity contribution is 7.51. The fraction of sp³-hybridized carbons (Fsp3) is 1.00. The summed E-state index contributed by atoms with van der Waals surface area (Å²) in [5, 5.41) is 0. The lowest BCUT2D eigenvalue weighted by Gasteiger charge is -2.31. The maximum absolute atomic E-state index is 12.1. The molecule has 1 aliphatic heterocycles. The Bertz CT molecular complexity index is 504. The van der Waals surface area contributed by atoms with Gasteiger partial charge < -0.3 is 19.0 Å². The van der Waals surface area contributed by atoms with Crippen LogP contribution in [0.1, 0.15) is 46.5 Å². The molecule has 1 fully saturated rings. The van der Waals surface area contributed by atoms with E-state index >= 15 is 0 Å². The second kappa shape index (κ2) is 9.47. The Kier molecular flexibility index (Phi) is 8.84. The minimum atomic E-state index is -4.15. The van der Waals surface area contributed by atoms with Gasteiger partial charge in [-0.25, -0.2) is 4.57 Å². The highest BCUT2D eigenvalue weighted by Gasteiger charge is 2.44. The summed E-state index contributed by atoms with van der Waals surface area (Å²) in [5.41, 5.74) is -0.207. The normalized spacial score (nSPS) is 29.3. The molecule has 11 heteroatoms. The van der Waals surface area contributed by atoms with Gasteiger partial charge in [-0.15, -0.1) is 0 Å². The van der Waals surface area contributed by atoms with Crippen LogP contribution in [0.5, 0.6) is 0 Å². The van der Waals surface area contributed by atoms with E-state index in [-0.39, 0.29) is 30.7 Å². The molecule has 1 saturated heterocycles. The quantitative estimate of drug-likeness (QED) is 0.327. The number of hydrogen-bond acceptors (Lipinski definition) is 6. The second-order valence-corrected chi connectivity index (χ2v) is 10.9. The molecule has 1 rings (SSSR count). The van der Waals surface area contributed by atoms with E-state index in [2.05, 4.69) is 0 Å². The molecular weight excluding hydrogens is 369 g/mol. The number of phosphoric ester groups is 1. The number of ether oxygens (including phenoxy) is 1. The molecule has 0 aromatic carbocycles. The maximum Gasteiger partial charge on any atom is 0.472 e. The Hall–Kier alpha value is 0.285. The average Bonchev–Trinajstić information content (AvgIpc) is 2.76. The summed E-state index contributed by atoms with van der Waals surface area (Å²) in [4.78, 5) is 18.9. The molecule has 1 heterocycles. The molecule has 0 aromatic heterocycles. The van der Waals surface area contributed by atoms with E-state index in [1.165, 1.54) is 0 Å². The van der Waals surface area contributed by atoms with Gasteiger partial charge in [-0.1, -0.05) is 20.8 Å². The van der Waals surface area contributed by atoms with E-state index in [4.69, 9.17) is 23.2 Å². The zero-order chi connectivity index (χ0) is 19.3. The monoisotopic (exact) mass is 400 g/mol. The van der Waals surface area contributed by atoms with Gasteiger partial charge in [0.15, 0.2) is 0 Å². The summed E-state index contributed by atoms with van der Waals surface area (Å²) in [6.45, 7) is 7.37. The van der Waals surface area contributed by atoms with Gasteiger partial charge in [0.05, 0.1) is 25.4 Å². The van der Waals surface area contributed by atoms with Crippen LogP contribution in [-0.2, 0) is 27.4 Å². The van der Waals surface area contributed by atoms with Crippen LogP contribution in [0.15, 0.2) is 0 Å². The van der Waals surface area contributed by atoms with E-state index in [0.29, 0.717) is 25.7 Å². The van der Waals surface area contributed by atoms with E-state index in [1.54, 1.807) is 0 Å². The summed E-state index contributed by atoms with van der Waals surface area (Å²) in [5.74, 6) is 0. The van der Waals surface area contributed by atoms with Crippen molar-refractivity contribution in [2.24, 2.45) is 5.41 Å². The van der Waals surface area contributed by atoms with Gasteiger partial charge in [-0.2, -0.15) is 0 Å². The molecule has 2 N–H and O–H groups in total. The SMILES string of the molecule is BC1CC(OP(=O)(O)OCCCCCOP(C)(=O)O)C(C(C)(C)C)O1. The van der Waals surface area contributed by atoms with Gasteiger partial charge in [-0.3, -0.25) is 13.6 Å². The van der Waals surface area contributed by atoms with Crippen LogP contribution in [0, 0.1) is 5.41 Å². The molecular formula is C14H31BO8P2. The van der Waals surface area contributed by atoms with Crippen molar-refractivity contribution in [1.29, 1.82) is 0 Å². The zero-order valence-corrected chi connectivity index (χ0v) is 17.5. The minimum absolute atomic E-state index is 0.0321. The van der Waals surface area contributed by atoms with Crippen LogP contribution < -0.4 is 0 Å². The molecule has 8 nitrogen and oxygen atoms in total. The lowest BCUT2D eigenvalue weighted by atomic mass is 9.85. The fourth-order valence-electron chi connectivity index (χ4n) is 2.70. The molecule has 25 heavy (non-hydrogen) atoms. The Morgan fingerprint density at radius 1 is 1.12 bits per heavy atom. The van der Waals surface area contributed by atoms with E-state index < -0.39 is 21.5 Å². The molecule has 5 atom stereocenters. The molecule has 148 valence electrons. The van der Waals surface area contributed by atoms with E-state index in [0.717, 1.165) is 6.66 Å². The third kappa shape index (κ3) is 9.69. The van der Waals surface area contributed by atoms with Crippen molar-refractivity contribution in [3.05, 3.63) is 0 Å². The number of unbranched alkanes of at least 4 members (excludes halogenated alkanes) is 2. The first-order chi connectivity index (χ1) is 11.3. The largest absolute Gasteiger partial charge is 0.472 e. The molecule has 0 aliphatic carbocycles. The highest BCUT2D eigenvalue weighted by atomic mass is 31.2. The third-order valence-corrected chi connectivity index (χ3v) is 5.48. The number of rotatable bonds is 10. The van der Waals surface area contributed by atoms with Crippen molar-refractivity contribution >= 4 is 23.3 Å². The predicted molar refractivity (Wildman–Crippen MR) is 97.5 cm³/mol. The maximum atomic E-state index is 12.1. The van der Waals surface area contributed by atoms with Crippen LogP contribution in [0.4, 0.5) is 0 Å². The Morgan fingerprint density at radius 2 is 1.68 bits per heavy atom. The van der Waals surface area contributed by atoms with Crippen LogP contribution in [0.25, 0.3) is 0 Å². The second-order valence-electron chi connectivity index (χ2n) is 7.61. The Labute approximate surface area is 151 Å². The van der Waals surface area contributed by atoms with Crippen molar-refractivity contribution in [3.63, 3.8) is 0 Å². The predicted octanol–water partition coefficient (Wildman–Crippen LogP) is 2.28. The molecule has 0 bridgehead atoms. The van der Waals surface area contributed by atoms with Gasteiger partial charge in [0.25, 0.3) is 0 Å². The molecule has 5 unspecified atom stereocenters. The smallest absolute Gasteiger partial charge is 0.381 e. The summed E-state index contributed by atoms with van der Waals surface area (Å²) < 4.78 is 44.0. The van der Waals surface area contributed by atoms with Gasteiger partial charge in [0, 0.05) is 12.7 Å². The minimum Gasteiger partial charge on any atom is -0.381 e. The first-order valence-electron chi connectivity index (χ1n) is 8.56. The summed E-state index contributed by atoms with van der Waals surface area (Å²) >= 11 is 0. The van der Waals surface area contributed by atoms with Crippen LogP contribution in [-0.4, -0.2) is 55.7 Å². The van der Waals surface area contributed by atoms with Crippen molar-refractivity contribution < 1.29 is 37.2 Å². The van der Waals surface area contributed by atoms with E-state index in [9.17, 15) is 14.0 Å². The number of hydrogen-bond donors (Lipinski definition) is 2. The summed E-state index contributed by atoms with van der Waals surface area (Å²) in [6, 6.07) is -0.0321. The van der Waals surface area contributed by atoms with Gasteiger partial charge >= 0.3 is 15.4 Å². The number of phosphoric acid groups is 1. The van der Waals surface area contributed by atoms with Crippen LogP contribution >= 0.6 is 15.4 Å². The van der Waals surface area contributed by atoms with Gasteiger partial charge in [0.2, 0.25) is 0 Å². The topological polar surface area (TPSA) is 112 Å². The van der Waals surface area contributed by atoms with Gasteiger partial charge in [-0.05, 0) is 31.1 Å². The highest BCUT2D eigenvalue weighted by Crippen LogP contribution is 2.49. The van der Waals surface area contributed by atoms with Crippen LogP contribution in [0.3, 0.4) is 0 Å². The molecule has 0 amide bonds. The van der Waals surface area contributed by atoms with E-state index in [1.807, 2.05) is 28.6 Å². The first kappa shape index (κ1) is 23.3. The van der Waals surface area contributed by atoms with Crippen molar-refractivity contribution in [3.8, 4) is 0 Å². The lowest BCUT2D eigenvalue weighted by Crippen LogP contribution is -2.36. The van der Waals surface area contributed by atoms with Crippen molar-refractivity contribution in [2.45, 2.75) is 64.7 Å². The fourth-order valence-corrected chi connectivity index (χ4v) is 4.13.